The van der Waals surface area contributed by atoms with Crippen LogP contribution in [0.25, 0.3) is 0 Å². The molecule has 0 bridgehead atoms. The highest BCUT2D eigenvalue weighted by atomic mass is 16.5. The molecular weight excluding hydrogens is 256 g/mol. The van der Waals surface area contributed by atoms with Crippen molar-refractivity contribution in [1.82, 2.24) is 10.9 Å². The third kappa shape index (κ3) is 2.94. The van der Waals surface area contributed by atoms with Crippen LogP contribution in [0.4, 0.5) is 0 Å². The minimum Gasteiger partial charge on any atom is -0.492 e. The molecule has 1 aliphatic heterocycles. The number of hydrogen-bond donors (Lipinski definition) is 3. The van der Waals surface area contributed by atoms with Gasteiger partial charge in [0, 0.05) is 0 Å². The predicted octanol–water partition coefficient (Wildman–Crippen LogP) is 1.26. The first kappa shape index (κ1) is 13.4. The number of fused-ring (bicyclic) bond motifs is 1. The molecule has 0 amide bonds. The summed E-state index contributed by atoms with van der Waals surface area (Å²) in [6.07, 6.45) is 5.38. The lowest BCUT2D eigenvalue weighted by Crippen LogP contribution is -2.38. The first-order valence-corrected chi connectivity index (χ1v) is 7.21. The van der Waals surface area contributed by atoms with Crippen LogP contribution in [-0.2, 0) is 17.6 Å². The standard InChI is InChI=1S/C15H20N2O3/c18-15(19)14-8-12(16-17-14)9-20-13-6-5-10-3-1-2-4-11(10)7-13/h5-7,12,14,16-17H,1-4,8-9H2,(H,18,19). The second-order valence-electron chi connectivity index (χ2n) is 5.56. The molecule has 1 aromatic carbocycles. The molecule has 2 unspecified atom stereocenters. The Morgan fingerprint density at radius 3 is 2.80 bits per heavy atom. The molecule has 5 heteroatoms. The Balaban J connectivity index is 1.55. The molecular formula is C15H20N2O3. The van der Waals surface area contributed by atoms with Gasteiger partial charge in [-0.15, -0.1) is 0 Å². The number of aliphatic carboxylic acids is 1. The monoisotopic (exact) mass is 276 g/mol. The molecule has 1 heterocycles. The van der Waals surface area contributed by atoms with Crippen LogP contribution >= 0.6 is 0 Å². The van der Waals surface area contributed by atoms with Crippen LogP contribution in [0.5, 0.6) is 5.75 Å². The molecule has 5 nitrogen and oxygen atoms in total. The molecule has 0 saturated carbocycles. The number of hydrogen-bond acceptors (Lipinski definition) is 4. The van der Waals surface area contributed by atoms with Crippen molar-refractivity contribution >= 4 is 5.97 Å². The van der Waals surface area contributed by atoms with Gasteiger partial charge in [0.2, 0.25) is 0 Å². The Labute approximate surface area is 118 Å². The van der Waals surface area contributed by atoms with E-state index in [0.29, 0.717) is 13.0 Å². The van der Waals surface area contributed by atoms with Gasteiger partial charge in [-0.2, -0.15) is 0 Å². The molecule has 108 valence electrons. The van der Waals surface area contributed by atoms with Gasteiger partial charge in [-0.3, -0.25) is 10.2 Å². The summed E-state index contributed by atoms with van der Waals surface area (Å²) in [6.45, 7) is 0.482. The molecule has 1 aromatic rings. The van der Waals surface area contributed by atoms with E-state index in [9.17, 15) is 4.79 Å². The van der Waals surface area contributed by atoms with E-state index in [1.165, 1.54) is 30.4 Å². The number of carboxylic acids is 1. The van der Waals surface area contributed by atoms with E-state index >= 15 is 0 Å². The zero-order chi connectivity index (χ0) is 13.9. The highest BCUT2D eigenvalue weighted by Crippen LogP contribution is 2.25. The average Bonchev–Trinajstić information content (AvgIpc) is 2.94. The molecule has 3 rings (SSSR count). The number of hydrazine groups is 1. The fourth-order valence-electron chi connectivity index (χ4n) is 2.89. The van der Waals surface area contributed by atoms with Gasteiger partial charge >= 0.3 is 5.97 Å². The van der Waals surface area contributed by atoms with Crippen LogP contribution in [0, 0.1) is 0 Å². The maximum absolute atomic E-state index is 10.8. The third-order valence-electron chi connectivity index (χ3n) is 4.05. The highest BCUT2D eigenvalue weighted by molar-refractivity contribution is 5.73. The summed E-state index contributed by atoms with van der Waals surface area (Å²) in [4.78, 5) is 10.8. The first-order valence-electron chi connectivity index (χ1n) is 7.21. The van der Waals surface area contributed by atoms with Crippen LogP contribution in [0.3, 0.4) is 0 Å². The number of aryl methyl sites for hydroxylation is 2. The zero-order valence-corrected chi connectivity index (χ0v) is 11.4. The fourth-order valence-corrected chi connectivity index (χ4v) is 2.89. The Bertz CT molecular complexity index is 504. The second-order valence-corrected chi connectivity index (χ2v) is 5.56. The summed E-state index contributed by atoms with van der Waals surface area (Å²) in [6, 6.07) is 5.82. The molecule has 1 saturated heterocycles. The number of nitrogens with one attached hydrogen (secondary N) is 2. The maximum atomic E-state index is 10.8. The van der Waals surface area contributed by atoms with E-state index in [2.05, 4.69) is 23.0 Å². The summed E-state index contributed by atoms with van der Waals surface area (Å²) in [5.41, 5.74) is 8.57. The van der Waals surface area contributed by atoms with Gasteiger partial charge in [-0.1, -0.05) is 6.07 Å². The van der Waals surface area contributed by atoms with Crippen molar-refractivity contribution in [3.63, 3.8) is 0 Å². The van der Waals surface area contributed by atoms with Gasteiger partial charge in [-0.05, 0) is 55.4 Å². The van der Waals surface area contributed by atoms with Gasteiger partial charge in [0.25, 0.3) is 0 Å². The summed E-state index contributed by atoms with van der Waals surface area (Å²) < 4.78 is 5.79. The highest BCUT2D eigenvalue weighted by Gasteiger charge is 2.29. The second kappa shape index (κ2) is 5.81. The van der Waals surface area contributed by atoms with Gasteiger partial charge < -0.3 is 9.84 Å². The van der Waals surface area contributed by atoms with Gasteiger partial charge in [0.1, 0.15) is 18.4 Å². The number of rotatable bonds is 4. The van der Waals surface area contributed by atoms with Crippen LogP contribution in [0.1, 0.15) is 30.4 Å². The molecule has 2 atom stereocenters. The molecule has 20 heavy (non-hydrogen) atoms. The van der Waals surface area contributed by atoms with E-state index in [-0.39, 0.29) is 6.04 Å². The maximum Gasteiger partial charge on any atom is 0.322 e. The van der Waals surface area contributed by atoms with E-state index in [0.717, 1.165) is 12.2 Å². The van der Waals surface area contributed by atoms with Crippen molar-refractivity contribution in [3.8, 4) is 5.75 Å². The van der Waals surface area contributed by atoms with Crippen molar-refractivity contribution in [1.29, 1.82) is 0 Å². The van der Waals surface area contributed by atoms with Crippen LogP contribution in [-0.4, -0.2) is 29.8 Å². The SMILES string of the molecule is O=C(O)C1CC(COc2ccc3c(c2)CCCC3)NN1. The number of carboxylic acid groups (broad SMARTS) is 1. The lowest BCUT2D eigenvalue weighted by molar-refractivity contribution is -0.139. The summed E-state index contributed by atoms with van der Waals surface area (Å²) in [5, 5.41) is 8.91. The zero-order valence-electron chi connectivity index (χ0n) is 11.4. The lowest BCUT2D eigenvalue weighted by atomic mass is 9.92. The molecule has 0 aromatic heterocycles. The molecule has 3 N–H and O–H groups in total. The molecule has 2 aliphatic rings. The topological polar surface area (TPSA) is 70.6 Å². The van der Waals surface area contributed by atoms with Crippen molar-refractivity contribution in [2.75, 3.05) is 6.61 Å². The van der Waals surface area contributed by atoms with Crippen molar-refractivity contribution in [3.05, 3.63) is 29.3 Å². The smallest absolute Gasteiger partial charge is 0.322 e. The van der Waals surface area contributed by atoms with Crippen LogP contribution in [0.2, 0.25) is 0 Å². The van der Waals surface area contributed by atoms with Crippen molar-refractivity contribution in [2.45, 2.75) is 44.2 Å². The van der Waals surface area contributed by atoms with Gasteiger partial charge in [-0.25, -0.2) is 5.43 Å². The minimum absolute atomic E-state index is 0.0344. The predicted molar refractivity (Wildman–Crippen MR) is 74.7 cm³/mol. The Hall–Kier alpha value is -1.59. The molecule has 1 fully saturated rings. The van der Waals surface area contributed by atoms with Crippen molar-refractivity contribution < 1.29 is 14.6 Å². The average molecular weight is 276 g/mol. The largest absolute Gasteiger partial charge is 0.492 e. The fraction of sp³-hybridized carbons (Fsp3) is 0.533. The van der Waals surface area contributed by atoms with E-state index in [1.54, 1.807) is 0 Å². The van der Waals surface area contributed by atoms with Crippen molar-refractivity contribution in [2.24, 2.45) is 0 Å². The lowest BCUT2D eigenvalue weighted by Gasteiger charge is -2.17. The number of carbonyl (C=O) groups is 1. The molecule has 1 aliphatic carbocycles. The minimum atomic E-state index is -0.825. The van der Waals surface area contributed by atoms with Gasteiger partial charge in [0.05, 0.1) is 6.04 Å². The normalized spacial score (nSPS) is 25.2. The van der Waals surface area contributed by atoms with E-state index < -0.39 is 12.0 Å². The Kier molecular flexibility index (Phi) is 3.89. The Morgan fingerprint density at radius 1 is 1.25 bits per heavy atom. The van der Waals surface area contributed by atoms with Crippen LogP contribution < -0.4 is 15.6 Å². The first-order chi connectivity index (χ1) is 9.72. The Morgan fingerprint density at radius 2 is 2.05 bits per heavy atom. The van der Waals surface area contributed by atoms with E-state index in [4.69, 9.17) is 9.84 Å². The summed E-state index contributed by atoms with van der Waals surface area (Å²) >= 11 is 0. The molecule has 0 radical (unpaired) electrons. The quantitative estimate of drug-likeness (QED) is 0.772. The third-order valence-corrected chi connectivity index (χ3v) is 4.05. The van der Waals surface area contributed by atoms with Gasteiger partial charge in [0.15, 0.2) is 0 Å². The summed E-state index contributed by atoms with van der Waals surface area (Å²) in [7, 11) is 0. The number of benzene rings is 1. The van der Waals surface area contributed by atoms with E-state index in [1.807, 2.05) is 6.07 Å². The number of ether oxygens (including phenoxy) is 1. The molecule has 0 spiro atoms. The van der Waals surface area contributed by atoms with Crippen LogP contribution in [0.15, 0.2) is 18.2 Å². The summed E-state index contributed by atoms with van der Waals surface area (Å²) in [5.74, 6) is 0.0556.